The minimum absolute atomic E-state index is 0.0481. The van der Waals surface area contributed by atoms with Crippen molar-refractivity contribution in [1.82, 2.24) is 4.90 Å². The summed E-state index contributed by atoms with van der Waals surface area (Å²) in [5, 5.41) is 0. The molecule has 3 atom stereocenters. The first-order chi connectivity index (χ1) is 9.30. The van der Waals surface area contributed by atoms with Crippen LogP contribution in [0.3, 0.4) is 0 Å². The second kappa shape index (κ2) is 7.41. The first-order valence-electron chi connectivity index (χ1n) is 7.93. The number of nitrogens with two attached hydrogens (primary N) is 1. The molecule has 1 rings (SSSR count). The zero-order chi connectivity index (χ0) is 15.3. The highest BCUT2D eigenvalue weighted by atomic mass is 16.5. The monoisotopic (exact) mass is 284 g/mol. The van der Waals surface area contributed by atoms with Crippen LogP contribution in [0.1, 0.15) is 59.8 Å². The van der Waals surface area contributed by atoms with Crippen LogP contribution in [-0.2, 0) is 9.53 Å². The van der Waals surface area contributed by atoms with Crippen molar-refractivity contribution in [2.24, 2.45) is 11.1 Å². The molecule has 4 nitrogen and oxygen atoms in total. The molecule has 0 saturated heterocycles. The second-order valence-corrected chi connectivity index (χ2v) is 6.81. The third-order valence-corrected chi connectivity index (χ3v) is 4.62. The molecular formula is C16H32N2O2. The van der Waals surface area contributed by atoms with E-state index >= 15 is 0 Å². The topological polar surface area (TPSA) is 55.6 Å². The van der Waals surface area contributed by atoms with E-state index in [1.807, 2.05) is 18.9 Å². The molecule has 0 spiro atoms. The molecule has 1 fully saturated rings. The van der Waals surface area contributed by atoms with Gasteiger partial charge in [0.05, 0.1) is 6.10 Å². The Labute approximate surface area is 124 Å². The molecule has 20 heavy (non-hydrogen) atoms. The van der Waals surface area contributed by atoms with E-state index in [-0.39, 0.29) is 29.5 Å². The van der Waals surface area contributed by atoms with Crippen LogP contribution in [-0.4, -0.2) is 42.6 Å². The Morgan fingerprint density at radius 1 is 1.50 bits per heavy atom. The lowest BCUT2D eigenvalue weighted by Gasteiger charge is -2.55. The zero-order valence-corrected chi connectivity index (χ0v) is 13.8. The predicted molar refractivity (Wildman–Crippen MR) is 82.5 cm³/mol. The maximum Gasteiger partial charge on any atom is 0.222 e. The van der Waals surface area contributed by atoms with E-state index < -0.39 is 0 Å². The fourth-order valence-electron chi connectivity index (χ4n) is 2.88. The van der Waals surface area contributed by atoms with Crippen LogP contribution < -0.4 is 5.73 Å². The van der Waals surface area contributed by atoms with Crippen molar-refractivity contribution in [2.45, 2.75) is 78.0 Å². The van der Waals surface area contributed by atoms with Gasteiger partial charge < -0.3 is 15.4 Å². The maximum absolute atomic E-state index is 12.2. The van der Waals surface area contributed by atoms with Crippen LogP contribution in [0.2, 0.25) is 0 Å². The minimum Gasteiger partial charge on any atom is -0.378 e. The molecule has 4 heteroatoms. The normalized spacial score (nSPS) is 25.9. The molecule has 0 aromatic heterocycles. The van der Waals surface area contributed by atoms with E-state index in [2.05, 4.69) is 20.8 Å². The van der Waals surface area contributed by atoms with Crippen molar-refractivity contribution in [2.75, 3.05) is 13.7 Å². The number of unbranched alkanes of at least 4 members (excludes halogenated alkanes) is 1. The van der Waals surface area contributed by atoms with Gasteiger partial charge in [0.25, 0.3) is 0 Å². The number of nitrogens with zero attached hydrogens (tertiary/aromatic N) is 1. The average molecular weight is 284 g/mol. The Balaban J connectivity index is 2.43. The van der Waals surface area contributed by atoms with E-state index in [1.54, 1.807) is 0 Å². The molecule has 1 saturated carbocycles. The smallest absolute Gasteiger partial charge is 0.222 e. The third kappa shape index (κ3) is 4.19. The molecule has 3 unspecified atom stereocenters. The molecule has 0 aliphatic heterocycles. The van der Waals surface area contributed by atoms with Gasteiger partial charge in [0.2, 0.25) is 5.91 Å². The van der Waals surface area contributed by atoms with E-state index in [0.29, 0.717) is 6.42 Å². The molecule has 1 aliphatic carbocycles. The number of hydrogen-bond acceptors (Lipinski definition) is 3. The first-order valence-corrected chi connectivity index (χ1v) is 7.93. The molecular weight excluding hydrogens is 252 g/mol. The van der Waals surface area contributed by atoms with Gasteiger partial charge in [0, 0.05) is 37.6 Å². The molecule has 0 radical (unpaired) electrons. The van der Waals surface area contributed by atoms with Crippen molar-refractivity contribution in [3.05, 3.63) is 0 Å². The summed E-state index contributed by atoms with van der Waals surface area (Å²) >= 11 is 0. The third-order valence-electron chi connectivity index (χ3n) is 4.62. The van der Waals surface area contributed by atoms with Gasteiger partial charge in [-0.15, -0.1) is 0 Å². The van der Waals surface area contributed by atoms with E-state index in [0.717, 1.165) is 32.3 Å². The molecule has 118 valence electrons. The van der Waals surface area contributed by atoms with Gasteiger partial charge in [0.1, 0.15) is 0 Å². The summed E-state index contributed by atoms with van der Waals surface area (Å²) in [5.74, 6) is 0.201. The minimum atomic E-state index is 0.0481. The Bertz CT molecular complexity index is 316. The van der Waals surface area contributed by atoms with Crippen LogP contribution in [0, 0.1) is 5.41 Å². The molecule has 0 bridgehead atoms. The van der Waals surface area contributed by atoms with Crippen LogP contribution in [0.25, 0.3) is 0 Å². The highest BCUT2D eigenvalue weighted by Crippen LogP contribution is 2.45. The first kappa shape index (κ1) is 17.4. The lowest BCUT2D eigenvalue weighted by atomic mass is 9.63. The van der Waals surface area contributed by atoms with Gasteiger partial charge in [-0.3, -0.25) is 4.79 Å². The molecule has 1 aliphatic rings. The summed E-state index contributed by atoms with van der Waals surface area (Å²) in [5.41, 5.74) is 5.76. The molecule has 0 aromatic rings. The fraction of sp³-hybridized carbons (Fsp3) is 0.938. The number of ether oxygens (including phenoxy) is 1. The Hall–Kier alpha value is -0.610. The van der Waals surface area contributed by atoms with Gasteiger partial charge in [-0.1, -0.05) is 27.2 Å². The lowest BCUT2D eigenvalue weighted by molar-refractivity contribution is -0.165. The Morgan fingerprint density at radius 2 is 2.15 bits per heavy atom. The quantitative estimate of drug-likeness (QED) is 0.697. The summed E-state index contributed by atoms with van der Waals surface area (Å²) in [7, 11) is 1.91. The van der Waals surface area contributed by atoms with Crippen LogP contribution in [0.4, 0.5) is 0 Å². The van der Waals surface area contributed by atoms with Gasteiger partial charge in [-0.2, -0.15) is 0 Å². The van der Waals surface area contributed by atoms with Crippen molar-refractivity contribution < 1.29 is 9.53 Å². The number of rotatable bonds is 8. The summed E-state index contributed by atoms with van der Waals surface area (Å²) in [4.78, 5) is 14.1. The molecule has 0 aromatic carbocycles. The van der Waals surface area contributed by atoms with Gasteiger partial charge in [0.15, 0.2) is 0 Å². The van der Waals surface area contributed by atoms with Crippen LogP contribution in [0.15, 0.2) is 0 Å². The average Bonchev–Trinajstić information content (AvgIpc) is 2.38. The van der Waals surface area contributed by atoms with Crippen molar-refractivity contribution in [1.29, 1.82) is 0 Å². The Morgan fingerprint density at radius 3 is 2.65 bits per heavy atom. The number of carbonyl (C=O) groups is 1. The SMILES string of the molecule is CCCCOC1CC(N(C)C(=O)CCC(C)N)C1(C)C. The summed E-state index contributed by atoms with van der Waals surface area (Å²) in [6.45, 7) is 9.35. The van der Waals surface area contributed by atoms with Crippen molar-refractivity contribution >= 4 is 5.91 Å². The number of carbonyl (C=O) groups excluding carboxylic acids is 1. The number of hydrogen-bond donors (Lipinski definition) is 1. The summed E-state index contributed by atoms with van der Waals surface area (Å²) in [6, 6.07) is 0.376. The second-order valence-electron chi connectivity index (χ2n) is 6.81. The van der Waals surface area contributed by atoms with E-state index in [9.17, 15) is 4.79 Å². The predicted octanol–water partition coefficient (Wildman–Crippen LogP) is 2.56. The van der Waals surface area contributed by atoms with E-state index in [1.165, 1.54) is 0 Å². The van der Waals surface area contributed by atoms with Crippen LogP contribution >= 0.6 is 0 Å². The highest BCUT2D eigenvalue weighted by Gasteiger charge is 2.51. The largest absolute Gasteiger partial charge is 0.378 e. The van der Waals surface area contributed by atoms with Gasteiger partial charge >= 0.3 is 0 Å². The standard InChI is InChI=1S/C16H32N2O2/c1-6-7-10-20-14-11-13(16(14,3)4)18(5)15(19)9-8-12(2)17/h12-14H,6-11,17H2,1-5H3. The zero-order valence-electron chi connectivity index (χ0n) is 13.8. The Kier molecular flexibility index (Phi) is 6.46. The lowest BCUT2D eigenvalue weighted by Crippen LogP contribution is -2.62. The molecule has 1 amide bonds. The van der Waals surface area contributed by atoms with Gasteiger partial charge in [-0.05, 0) is 26.2 Å². The highest BCUT2D eigenvalue weighted by molar-refractivity contribution is 5.76. The summed E-state index contributed by atoms with van der Waals surface area (Å²) in [6.07, 6.45) is 4.81. The number of amides is 1. The van der Waals surface area contributed by atoms with Gasteiger partial charge in [-0.25, -0.2) is 0 Å². The van der Waals surface area contributed by atoms with Crippen LogP contribution in [0.5, 0.6) is 0 Å². The molecule has 0 heterocycles. The summed E-state index contributed by atoms with van der Waals surface area (Å²) < 4.78 is 5.93. The van der Waals surface area contributed by atoms with Crippen molar-refractivity contribution in [3.8, 4) is 0 Å². The van der Waals surface area contributed by atoms with Crippen molar-refractivity contribution in [3.63, 3.8) is 0 Å². The van der Waals surface area contributed by atoms with E-state index in [4.69, 9.17) is 10.5 Å². The molecule has 2 N–H and O–H groups in total. The maximum atomic E-state index is 12.2. The fourth-order valence-corrected chi connectivity index (χ4v) is 2.88.